The number of hydrogen-bond acceptors (Lipinski definition) is 4. The van der Waals surface area contributed by atoms with Crippen molar-refractivity contribution in [3.63, 3.8) is 0 Å². The number of nitrogens with one attached hydrogen (secondary N) is 1. The Morgan fingerprint density at radius 2 is 2.32 bits per heavy atom. The summed E-state index contributed by atoms with van der Waals surface area (Å²) in [7, 11) is 1.45. The number of rotatable bonds is 4. The molecule has 22 heavy (non-hydrogen) atoms. The van der Waals surface area contributed by atoms with E-state index in [0.717, 1.165) is 19.0 Å². The molecule has 1 fully saturated rings. The van der Waals surface area contributed by atoms with Crippen LogP contribution in [0.25, 0.3) is 0 Å². The summed E-state index contributed by atoms with van der Waals surface area (Å²) in [6, 6.07) is 2.08. The number of halogens is 1. The third-order valence-corrected chi connectivity index (χ3v) is 4.47. The Bertz CT molecular complexity index is 493. The average molecular weight is 437 g/mol. The minimum atomic E-state index is -0.126. The highest BCUT2D eigenvalue weighted by Crippen LogP contribution is 2.24. The van der Waals surface area contributed by atoms with Gasteiger partial charge in [-0.15, -0.1) is 24.0 Å². The van der Waals surface area contributed by atoms with Crippen LogP contribution >= 0.6 is 35.3 Å². The Balaban J connectivity index is 0.00000242. The average Bonchev–Trinajstić information content (AvgIpc) is 3.12. The van der Waals surface area contributed by atoms with Crippen molar-refractivity contribution in [1.82, 2.24) is 10.2 Å². The molecule has 0 radical (unpaired) electrons. The zero-order valence-electron chi connectivity index (χ0n) is 13.2. The van der Waals surface area contributed by atoms with E-state index in [-0.39, 0.29) is 41.8 Å². The molecular formula is C15H24IN3O2S. The van der Waals surface area contributed by atoms with Crippen LogP contribution in [-0.2, 0) is 16.1 Å². The van der Waals surface area contributed by atoms with E-state index >= 15 is 0 Å². The summed E-state index contributed by atoms with van der Waals surface area (Å²) >= 11 is 1.68. The first-order chi connectivity index (χ1) is 10.2. The summed E-state index contributed by atoms with van der Waals surface area (Å²) in [5.74, 6) is 0.961. The molecule has 2 unspecified atom stereocenters. The Labute approximate surface area is 153 Å². The summed E-state index contributed by atoms with van der Waals surface area (Å²) in [6.07, 6.45) is 0. The lowest BCUT2D eigenvalue weighted by molar-refractivity contribution is -0.145. The lowest BCUT2D eigenvalue weighted by Gasteiger charge is -2.21. The van der Waals surface area contributed by atoms with E-state index in [1.54, 1.807) is 11.3 Å². The minimum absolute atomic E-state index is 0. The van der Waals surface area contributed by atoms with Gasteiger partial charge in [0.05, 0.1) is 19.6 Å². The molecule has 0 amide bonds. The highest BCUT2D eigenvalue weighted by molar-refractivity contribution is 14.0. The fraction of sp³-hybridized carbons (Fsp3) is 0.600. The molecule has 124 valence electrons. The Morgan fingerprint density at radius 1 is 1.55 bits per heavy atom. The highest BCUT2D eigenvalue weighted by Gasteiger charge is 2.36. The van der Waals surface area contributed by atoms with E-state index in [4.69, 9.17) is 4.74 Å². The number of nitrogens with zero attached hydrogens (tertiary/aromatic N) is 2. The topological polar surface area (TPSA) is 53.9 Å². The van der Waals surface area contributed by atoms with E-state index in [1.165, 1.54) is 12.7 Å². The quantitative estimate of drug-likeness (QED) is 0.341. The zero-order chi connectivity index (χ0) is 15.2. The summed E-state index contributed by atoms with van der Waals surface area (Å²) in [6.45, 7) is 7.12. The summed E-state index contributed by atoms with van der Waals surface area (Å²) in [5.41, 5.74) is 1.21. The van der Waals surface area contributed by atoms with Gasteiger partial charge >= 0.3 is 5.97 Å². The Hall–Kier alpha value is -0.830. The van der Waals surface area contributed by atoms with Gasteiger partial charge in [-0.2, -0.15) is 11.3 Å². The summed E-state index contributed by atoms with van der Waals surface area (Å²) < 4.78 is 4.89. The second-order valence-electron chi connectivity index (χ2n) is 5.31. The first-order valence-corrected chi connectivity index (χ1v) is 8.22. The molecule has 2 heterocycles. The molecule has 1 aromatic heterocycles. The standard InChI is InChI=1S/C15H23N3O2S.HI/c1-4-16-15(17-7-12-5-6-21-10-12)18-8-11(2)13(9-18)14(19)20-3;/h5-6,10-11,13H,4,7-9H2,1-3H3,(H,16,17);1H. The number of ether oxygens (including phenoxy) is 1. The van der Waals surface area contributed by atoms with Gasteiger partial charge in [-0.05, 0) is 35.2 Å². The van der Waals surface area contributed by atoms with Gasteiger partial charge < -0.3 is 15.0 Å². The second-order valence-corrected chi connectivity index (χ2v) is 6.09. The molecule has 1 aliphatic rings. The van der Waals surface area contributed by atoms with Crippen molar-refractivity contribution in [2.75, 3.05) is 26.7 Å². The van der Waals surface area contributed by atoms with Gasteiger partial charge in [0.25, 0.3) is 0 Å². The lowest BCUT2D eigenvalue weighted by atomic mass is 9.99. The van der Waals surface area contributed by atoms with Crippen LogP contribution in [0.5, 0.6) is 0 Å². The van der Waals surface area contributed by atoms with E-state index in [0.29, 0.717) is 13.1 Å². The molecule has 1 N–H and O–H groups in total. The van der Waals surface area contributed by atoms with Crippen molar-refractivity contribution in [2.45, 2.75) is 20.4 Å². The van der Waals surface area contributed by atoms with Crippen molar-refractivity contribution < 1.29 is 9.53 Å². The number of thiophene rings is 1. The molecule has 0 aromatic carbocycles. The van der Waals surface area contributed by atoms with Gasteiger partial charge in [0.15, 0.2) is 5.96 Å². The van der Waals surface area contributed by atoms with Crippen molar-refractivity contribution in [1.29, 1.82) is 0 Å². The fourth-order valence-electron chi connectivity index (χ4n) is 2.57. The molecule has 2 atom stereocenters. The number of aliphatic imine (C=N–C) groups is 1. The predicted molar refractivity (Wildman–Crippen MR) is 101 cm³/mol. The van der Waals surface area contributed by atoms with E-state index in [2.05, 4.69) is 45.9 Å². The molecule has 0 bridgehead atoms. The second kappa shape index (κ2) is 9.34. The molecule has 0 spiro atoms. The highest BCUT2D eigenvalue weighted by atomic mass is 127. The van der Waals surface area contributed by atoms with Gasteiger partial charge in [-0.25, -0.2) is 4.99 Å². The van der Waals surface area contributed by atoms with Crippen molar-refractivity contribution in [3.05, 3.63) is 22.4 Å². The zero-order valence-corrected chi connectivity index (χ0v) is 16.4. The third-order valence-electron chi connectivity index (χ3n) is 3.74. The number of carbonyl (C=O) groups excluding carboxylic acids is 1. The Kier molecular flexibility index (Phi) is 8.16. The van der Waals surface area contributed by atoms with Crippen molar-refractivity contribution in [3.8, 4) is 0 Å². The fourth-order valence-corrected chi connectivity index (χ4v) is 3.23. The third kappa shape index (κ3) is 4.84. The molecule has 0 saturated carbocycles. The van der Waals surface area contributed by atoms with Gasteiger partial charge in [0.1, 0.15) is 0 Å². The maximum Gasteiger partial charge on any atom is 0.310 e. The van der Waals surface area contributed by atoms with Gasteiger partial charge in [0.2, 0.25) is 0 Å². The van der Waals surface area contributed by atoms with E-state index in [9.17, 15) is 4.79 Å². The summed E-state index contributed by atoms with van der Waals surface area (Å²) in [5, 5.41) is 7.48. The van der Waals surface area contributed by atoms with Crippen LogP contribution < -0.4 is 5.32 Å². The van der Waals surface area contributed by atoms with Crippen LogP contribution in [-0.4, -0.2) is 43.6 Å². The number of guanidine groups is 1. The monoisotopic (exact) mass is 437 g/mol. The van der Waals surface area contributed by atoms with Gasteiger partial charge in [-0.1, -0.05) is 6.92 Å². The molecule has 2 rings (SSSR count). The Morgan fingerprint density at radius 3 is 2.91 bits per heavy atom. The van der Waals surface area contributed by atoms with Crippen molar-refractivity contribution >= 4 is 47.2 Å². The van der Waals surface area contributed by atoms with Gasteiger partial charge in [-0.3, -0.25) is 4.79 Å². The molecule has 1 aliphatic heterocycles. The van der Waals surface area contributed by atoms with Crippen LogP contribution in [0.3, 0.4) is 0 Å². The number of carbonyl (C=O) groups is 1. The number of hydrogen-bond donors (Lipinski definition) is 1. The molecular weight excluding hydrogens is 413 g/mol. The predicted octanol–water partition coefficient (Wildman–Crippen LogP) is 2.57. The normalized spacial score (nSPS) is 21.4. The number of methoxy groups -OCH3 is 1. The van der Waals surface area contributed by atoms with Crippen LogP contribution in [0.1, 0.15) is 19.4 Å². The number of likely N-dealkylation sites (tertiary alicyclic amines) is 1. The lowest BCUT2D eigenvalue weighted by Crippen LogP contribution is -2.40. The maximum atomic E-state index is 11.8. The van der Waals surface area contributed by atoms with Crippen molar-refractivity contribution in [2.24, 2.45) is 16.8 Å². The first kappa shape index (κ1) is 19.2. The molecule has 1 aromatic rings. The first-order valence-electron chi connectivity index (χ1n) is 7.27. The van der Waals surface area contributed by atoms with Crippen LogP contribution in [0.4, 0.5) is 0 Å². The van der Waals surface area contributed by atoms with E-state index < -0.39 is 0 Å². The van der Waals surface area contributed by atoms with Crippen LogP contribution in [0.2, 0.25) is 0 Å². The molecule has 5 nitrogen and oxygen atoms in total. The molecule has 1 saturated heterocycles. The maximum absolute atomic E-state index is 11.8. The smallest absolute Gasteiger partial charge is 0.310 e. The minimum Gasteiger partial charge on any atom is -0.469 e. The van der Waals surface area contributed by atoms with E-state index in [1.807, 2.05) is 0 Å². The van der Waals surface area contributed by atoms with Gasteiger partial charge in [0, 0.05) is 19.6 Å². The SMILES string of the molecule is CCNC(=NCc1ccsc1)N1CC(C)C(C(=O)OC)C1.I. The largest absolute Gasteiger partial charge is 0.469 e. The van der Waals surface area contributed by atoms with Crippen LogP contribution in [0.15, 0.2) is 21.8 Å². The molecule has 7 heteroatoms. The molecule has 0 aliphatic carbocycles. The summed E-state index contributed by atoms with van der Waals surface area (Å²) in [4.78, 5) is 18.6. The van der Waals surface area contributed by atoms with Crippen LogP contribution in [0, 0.1) is 11.8 Å². The number of esters is 1.